The summed E-state index contributed by atoms with van der Waals surface area (Å²) in [6.07, 6.45) is 0.716. The lowest BCUT2D eigenvalue weighted by Crippen LogP contribution is -2.37. The van der Waals surface area contributed by atoms with Crippen molar-refractivity contribution in [2.45, 2.75) is 44.8 Å². The van der Waals surface area contributed by atoms with Crippen LogP contribution in [0.25, 0.3) is 0 Å². The molecule has 0 amide bonds. The van der Waals surface area contributed by atoms with Gasteiger partial charge in [-0.15, -0.1) is 0 Å². The molecular formula is C14H20BrF2NO2. The fraction of sp³-hybridized carbons (Fsp3) is 0.571. The van der Waals surface area contributed by atoms with Crippen molar-refractivity contribution in [3.63, 3.8) is 0 Å². The Morgan fingerprint density at radius 2 is 2.00 bits per heavy atom. The number of aliphatic hydroxyl groups excluding tert-OH is 1. The molecule has 0 saturated carbocycles. The molecule has 20 heavy (non-hydrogen) atoms. The first-order valence-corrected chi connectivity index (χ1v) is 7.15. The lowest BCUT2D eigenvalue weighted by Gasteiger charge is -2.29. The van der Waals surface area contributed by atoms with Crippen LogP contribution in [-0.4, -0.2) is 23.2 Å². The van der Waals surface area contributed by atoms with E-state index in [-0.39, 0.29) is 5.56 Å². The van der Waals surface area contributed by atoms with Crippen molar-refractivity contribution in [2.75, 3.05) is 6.61 Å². The smallest absolute Gasteiger partial charge is 0.289 e. The summed E-state index contributed by atoms with van der Waals surface area (Å²) in [6, 6.07) is 3.17. The van der Waals surface area contributed by atoms with E-state index >= 15 is 0 Å². The van der Waals surface area contributed by atoms with E-state index in [1.165, 1.54) is 6.07 Å². The van der Waals surface area contributed by atoms with Crippen molar-refractivity contribution >= 4 is 15.9 Å². The molecule has 0 aliphatic carbocycles. The van der Waals surface area contributed by atoms with E-state index in [0.717, 1.165) is 0 Å². The van der Waals surface area contributed by atoms with Crippen LogP contribution in [0.4, 0.5) is 8.78 Å². The Morgan fingerprint density at radius 3 is 2.50 bits per heavy atom. The minimum absolute atomic E-state index is 0.167. The molecule has 1 rings (SSSR count). The van der Waals surface area contributed by atoms with Gasteiger partial charge in [0.05, 0.1) is 0 Å². The Balaban J connectivity index is 3.21. The van der Waals surface area contributed by atoms with E-state index in [2.05, 4.69) is 15.9 Å². The van der Waals surface area contributed by atoms with Gasteiger partial charge in [-0.05, 0) is 38.5 Å². The standard InChI is InChI=1S/C14H20BrF2NO2/c1-4-13(2,3)20-11-6-5-9(15)7-10(11)12(18)14(16,17)8-19/h5-7,12,19H,4,8,18H2,1-3H3. The number of halogens is 3. The van der Waals surface area contributed by atoms with Crippen LogP contribution in [-0.2, 0) is 0 Å². The fourth-order valence-electron chi connectivity index (χ4n) is 1.55. The highest BCUT2D eigenvalue weighted by atomic mass is 79.9. The van der Waals surface area contributed by atoms with E-state index in [4.69, 9.17) is 15.6 Å². The second-order valence-electron chi connectivity index (χ2n) is 5.29. The van der Waals surface area contributed by atoms with Crippen molar-refractivity contribution in [1.29, 1.82) is 0 Å². The zero-order chi connectivity index (χ0) is 15.6. The zero-order valence-electron chi connectivity index (χ0n) is 11.8. The topological polar surface area (TPSA) is 55.5 Å². The third-order valence-corrected chi connectivity index (χ3v) is 3.70. The van der Waals surface area contributed by atoms with Gasteiger partial charge in [0.2, 0.25) is 0 Å². The Hall–Kier alpha value is -0.720. The minimum Gasteiger partial charge on any atom is -0.488 e. The van der Waals surface area contributed by atoms with Crippen LogP contribution in [0.2, 0.25) is 0 Å². The van der Waals surface area contributed by atoms with E-state index in [1.54, 1.807) is 12.1 Å². The maximum absolute atomic E-state index is 13.6. The van der Waals surface area contributed by atoms with Gasteiger partial charge in [0.25, 0.3) is 5.92 Å². The van der Waals surface area contributed by atoms with Crippen LogP contribution in [0.3, 0.4) is 0 Å². The summed E-state index contributed by atoms with van der Waals surface area (Å²) in [5, 5.41) is 8.78. The summed E-state index contributed by atoms with van der Waals surface area (Å²) < 4.78 is 33.6. The average molecular weight is 352 g/mol. The molecule has 0 spiro atoms. The van der Waals surface area contributed by atoms with Crippen molar-refractivity contribution in [3.8, 4) is 5.75 Å². The molecule has 1 aromatic rings. The molecule has 0 bridgehead atoms. The third-order valence-electron chi connectivity index (χ3n) is 3.21. The molecule has 0 saturated heterocycles. The molecule has 0 fully saturated rings. The number of alkyl halides is 2. The lowest BCUT2D eigenvalue weighted by atomic mass is 10.00. The predicted octanol–water partition coefficient (Wildman–Crippen LogP) is 3.64. The summed E-state index contributed by atoms with van der Waals surface area (Å²) in [5.74, 6) is -3.10. The molecule has 0 heterocycles. The first-order valence-electron chi connectivity index (χ1n) is 6.35. The van der Waals surface area contributed by atoms with Crippen LogP contribution in [0.5, 0.6) is 5.75 Å². The fourth-order valence-corrected chi connectivity index (χ4v) is 1.93. The Morgan fingerprint density at radius 1 is 1.40 bits per heavy atom. The molecule has 1 unspecified atom stereocenters. The number of rotatable bonds is 6. The first kappa shape index (κ1) is 17.3. The van der Waals surface area contributed by atoms with Crippen molar-refractivity contribution in [2.24, 2.45) is 5.73 Å². The molecule has 6 heteroatoms. The van der Waals surface area contributed by atoms with Gasteiger partial charge in [-0.3, -0.25) is 0 Å². The molecule has 114 valence electrons. The number of benzene rings is 1. The summed E-state index contributed by atoms with van der Waals surface area (Å²) in [4.78, 5) is 0. The second-order valence-corrected chi connectivity index (χ2v) is 6.21. The molecule has 3 nitrogen and oxygen atoms in total. The van der Waals surface area contributed by atoms with Crippen LogP contribution >= 0.6 is 15.9 Å². The number of hydrogen-bond acceptors (Lipinski definition) is 3. The largest absolute Gasteiger partial charge is 0.488 e. The highest BCUT2D eigenvalue weighted by molar-refractivity contribution is 9.10. The zero-order valence-corrected chi connectivity index (χ0v) is 13.4. The normalized spacial score (nSPS) is 14.2. The monoisotopic (exact) mass is 351 g/mol. The van der Waals surface area contributed by atoms with Gasteiger partial charge >= 0.3 is 0 Å². The Labute approximate surface area is 126 Å². The molecule has 0 aromatic heterocycles. The molecule has 1 aromatic carbocycles. The molecule has 1 atom stereocenters. The number of hydrogen-bond donors (Lipinski definition) is 2. The van der Waals surface area contributed by atoms with Gasteiger partial charge in [0, 0.05) is 10.0 Å². The quantitative estimate of drug-likeness (QED) is 0.822. The highest BCUT2D eigenvalue weighted by Crippen LogP contribution is 2.37. The summed E-state index contributed by atoms with van der Waals surface area (Å²) >= 11 is 3.23. The molecule has 0 aliphatic rings. The molecular weight excluding hydrogens is 332 g/mol. The van der Waals surface area contributed by atoms with Gasteiger partial charge in [0.15, 0.2) is 0 Å². The maximum Gasteiger partial charge on any atom is 0.289 e. The summed E-state index contributed by atoms with van der Waals surface area (Å²) in [7, 11) is 0. The van der Waals surface area contributed by atoms with Crippen molar-refractivity contribution in [3.05, 3.63) is 28.2 Å². The second kappa shape index (κ2) is 6.37. The highest BCUT2D eigenvalue weighted by Gasteiger charge is 2.39. The SMILES string of the molecule is CCC(C)(C)Oc1ccc(Br)cc1C(N)C(F)(F)CO. The summed E-state index contributed by atoms with van der Waals surface area (Å²) in [5.41, 5.74) is 5.28. The maximum atomic E-state index is 13.6. The van der Waals surface area contributed by atoms with Gasteiger partial charge < -0.3 is 15.6 Å². The summed E-state index contributed by atoms with van der Waals surface area (Å²) in [6.45, 7) is 4.38. The van der Waals surface area contributed by atoms with E-state index < -0.39 is 24.2 Å². The van der Waals surface area contributed by atoms with Crippen LogP contribution in [0.1, 0.15) is 38.8 Å². The number of aliphatic hydroxyl groups is 1. The van der Waals surface area contributed by atoms with Gasteiger partial charge in [-0.1, -0.05) is 22.9 Å². The lowest BCUT2D eigenvalue weighted by molar-refractivity contribution is -0.0721. The first-order chi connectivity index (χ1) is 9.13. The van der Waals surface area contributed by atoms with E-state index in [1.807, 2.05) is 20.8 Å². The molecule has 3 N–H and O–H groups in total. The van der Waals surface area contributed by atoms with Crippen molar-refractivity contribution in [1.82, 2.24) is 0 Å². The van der Waals surface area contributed by atoms with E-state index in [9.17, 15) is 8.78 Å². The predicted molar refractivity (Wildman–Crippen MR) is 78.1 cm³/mol. The molecule has 0 radical (unpaired) electrons. The average Bonchev–Trinajstić information content (AvgIpc) is 2.39. The molecule has 0 aliphatic heterocycles. The van der Waals surface area contributed by atoms with Gasteiger partial charge in [-0.2, -0.15) is 0 Å². The number of nitrogens with two attached hydrogens (primary N) is 1. The number of ether oxygens (including phenoxy) is 1. The van der Waals surface area contributed by atoms with Gasteiger partial charge in [-0.25, -0.2) is 8.78 Å². The van der Waals surface area contributed by atoms with Crippen molar-refractivity contribution < 1.29 is 18.6 Å². The van der Waals surface area contributed by atoms with Gasteiger partial charge in [0.1, 0.15) is 24.0 Å². The third kappa shape index (κ3) is 4.14. The minimum atomic E-state index is -3.41. The van der Waals surface area contributed by atoms with Crippen LogP contribution in [0.15, 0.2) is 22.7 Å². The Bertz CT molecular complexity index is 466. The van der Waals surface area contributed by atoms with Crippen LogP contribution < -0.4 is 10.5 Å². The Kier molecular flexibility index (Phi) is 5.52. The van der Waals surface area contributed by atoms with Crippen LogP contribution in [0, 0.1) is 0 Å². The van der Waals surface area contributed by atoms with E-state index in [0.29, 0.717) is 16.6 Å².